The van der Waals surface area contributed by atoms with E-state index in [0.717, 1.165) is 18.5 Å². The standard InChI is InChI=1S/C20H23ClN6O3/c1-12-13(2)23-20(25-18(12)28)26-7-5-15(6-8-26)24-19(29)17-4-3-16(30-17)11-27-10-14(21)9-22-27/h3-4,9-10,15H,5-8,11H2,1-2H3,(H,24,29)(H,23,25,28). The topological polar surface area (TPSA) is 109 Å². The van der Waals surface area contributed by atoms with Gasteiger partial charge in [-0.25, -0.2) is 4.98 Å². The van der Waals surface area contributed by atoms with Gasteiger partial charge in [-0.1, -0.05) is 11.6 Å². The predicted molar refractivity (Wildman–Crippen MR) is 112 cm³/mol. The number of halogens is 1. The number of piperidine rings is 1. The number of nitrogens with one attached hydrogen (secondary N) is 2. The van der Waals surface area contributed by atoms with Crippen molar-refractivity contribution in [2.24, 2.45) is 0 Å². The molecule has 30 heavy (non-hydrogen) atoms. The second kappa shape index (κ2) is 8.35. The molecule has 2 N–H and O–H groups in total. The van der Waals surface area contributed by atoms with Gasteiger partial charge in [-0.3, -0.25) is 19.3 Å². The summed E-state index contributed by atoms with van der Waals surface area (Å²) < 4.78 is 7.29. The lowest BCUT2D eigenvalue weighted by Gasteiger charge is -2.32. The van der Waals surface area contributed by atoms with Gasteiger partial charge in [0.2, 0.25) is 5.95 Å². The lowest BCUT2D eigenvalue weighted by atomic mass is 10.1. The van der Waals surface area contributed by atoms with Crippen LogP contribution in [0.25, 0.3) is 0 Å². The van der Waals surface area contributed by atoms with Crippen molar-refractivity contribution in [3.05, 3.63) is 62.7 Å². The average molecular weight is 431 g/mol. The highest BCUT2D eigenvalue weighted by molar-refractivity contribution is 6.30. The first-order chi connectivity index (χ1) is 14.4. The summed E-state index contributed by atoms with van der Waals surface area (Å²) in [5.74, 6) is 1.24. The normalized spacial score (nSPS) is 14.8. The molecule has 10 heteroatoms. The van der Waals surface area contributed by atoms with Crippen LogP contribution in [-0.2, 0) is 6.54 Å². The van der Waals surface area contributed by atoms with Crippen LogP contribution in [0.3, 0.4) is 0 Å². The maximum Gasteiger partial charge on any atom is 0.287 e. The van der Waals surface area contributed by atoms with Crippen molar-refractivity contribution in [2.75, 3.05) is 18.0 Å². The predicted octanol–water partition coefficient (Wildman–Crippen LogP) is 2.28. The van der Waals surface area contributed by atoms with Crippen LogP contribution in [0.2, 0.25) is 5.02 Å². The molecule has 3 aromatic heterocycles. The zero-order chi connectivity index (χ0) is 21.3. The highest BCUT2D eigenvalue weighted by atomic mass is 35.5. The molecule has 3 aromatic rings. The largest absolute Gasteiger partial charge is 0.454 e. The molecule has 0 saturated carbocycles. The number of H-pyrrole nitrogens is 1. The quantitative estimate of drug-likeness (QED) is 0.642. The molecule has 1 aliphatic heterocycles. The van der Waals surface area contributed by atoms with Gasteiger partial charge in [0.1, 0.15) is 5.76 Å². The number of aryl methyl sites for hydroxylation is 1. The molecule has 0 aliphatic carbocycles. The molecule has 158 valence electrons. The van der Waals surface area contributed by atoms with E-state index in [1.54, 1.807) is 36.1 Å². The van der Waals surface area contributed by atoms with Crippen molar-refractivity contribution in [2.45, 2.75) is 39.3 Å². The molecule has 0 spiro atoms. The summed E-state index contributed by atoms with van der Waals surface area (Å²) in [5.41, 5.74) is 1.25. The molecule has 0 atom stereocenters. The molecule has 4 rings (SSSR count). The van der Waals surface area contributed by atoms with Gasteiger partial charge in [0.25, 0.3) is 11.5 Å². The van der Waals surface area contributed by atoms with Crippen molar-refractivity contribution < 1.29 is 9.21 Å². The van der Waals surface area contributed by atoms with Crippen LogP contribution >= 0.6 is 11.6 Å². The summed E-state index contributed by atoms with van der Waals surface area (Å²) in [6, 6.07) is 3.45. The average Bonchev–Trinajstić information content (AvgIpc) is 3.35. The van der Waals surface area contributed by atoms with Crippen LogP contribution in [0.5, 0.6) is 0 Å². The van der Waals surface area contributed by atoms with Crippen LogP contribution in [0.1, 0.15) is 40.4 Å². The third-order valence-corrected chi connectivity index (χ3v) is 5.51. The molecular weight excluding hydrogens is 408 g/mol. The van der Waals surface area contributed by atoms with Crippen LogP contribution in [0.15, 0.2) is 33.7 Å². The fraction of sp³-hybridized carbons (Fsp3) is 0.400. The first-order valence-electron chi connectivity index (χ1n) is 9.79. The molecule has 1 amide bonds. The first-order valence-corrected chi connectivity index (χ1v) is 10.2. The van der Waals surface area contributed by atoms with Crippen molar-refractivity contribution in [1.29, 1.82) is 0 Å². The van der Waals surface area contributed by atoms with Gasteiger partial charge in [-0.2, -0.15) is 5.10 Å². The molecule has 1 saturated heterocycles. The van der Waals surface area contributed by atoms with Gasteiger partial charge in [0.05, 0.1) is 17.8 Å². The molecule has 1 fully saturated rings. The first kappa shape index (κ1) is 20.2. The number of rotatable bonds is 5. The molecule has 4 heterocycles. The van der Waals surface area contributed by atoms with Crippen LogP contribution in [0.4, 0.5) is 5.95 Å². The van der Waals surface area contributed by atoms with Crippen molar-refractivity contribution in [1.82, 2.24) is 25.1 Å². The maximum absolute atomic E-state index is 12.5. The van der Waals surface area contributed by atoms with Gasteiger partial charge < -0.3 is 14.6 Å². The lowest BCUT2D eigenvalue weighted by molar-refractivity contribution is 0.0901. The summed E-state index contributed by atoms with van der Waals surface area (Å²) in [7, 11) is 0. The van der Waals surface area contributed by atoms with Crippen molar-refractivity contribution >= 4 is 23.5 Å². The summed E-state index contributed by atoms with van der Waals surface area (Å²) in [6.45, 7) is 5.38. The Labute approximate surface area is 178 Å². The smallest absolute Gasteiger partial charge is 0.287 e. The second-order valence-electron chi connectivity index (χ2n) is 7.46. The van der Waals surface area contributed by atoms with E-state index in [4.69, 9.17) is 16.0 Å². The Hall–Kier alpha value is -3.07. The third kappa shape index (κ3) is 4.40. The third-order valence-electron chi connectivity index (χ3n) is 5.32. The Morgan fingerprint density at radius 1 is 1.33 bits per heavy atom. The number of hydrogen-bond donors (Lipinski definition) is 2. The number of carbonyl (C=O) groups excluding carboxylic acids is 1. The minimum Gasteiger partial charge on any atom is -0.454 e. The van der Waals surface area contributed by atoms with E-state index in [2.05, 4.69) is 20.4 Å². The fourth-order valence-corrected chi connectivity index (χ4v) is 3.60. The fourth-order valence-electron chi connectivity index (χ4n) is 3.44. The van der Waals surface area contributed by atoms with E-state index in [1.807, 2.05) is 11.8 Å². The van der Waals surface area contributed by atoms with Gasteiger partial charge in [-0.05, 0) is 38.8 Å². The molecule has 1 aliphatic rings. The number of amides is 1. The number of aromatic nitrogens is 4. The van der Waals surface area contributed by atoms with Crippen LogP contribution in [0, 0.1) is 13.8 Å². The van der Waals surface area contributed by atoms with E-state index in [1.165, 1.54) is 0 Å². The van der Waals surface area contributed by atoms with E-state index in [9.17, 15) is 9.59 Å². The molecule has 0 aromatic carbocycles. The molecular formula is C20H23ClN6O3. The zero-order valence-corrected chi connectivity index (χ0v) is 17.6. The van der Waals surface area contributed by atoms with E-state index in [0.29, 0.717) is 41.9 Å². The number of carbonyl (C=O) groups is 1. The zero-order valence-electron chi connectivity index (χ0n) is 16.8. The van der Waals surface area contributed by atoms with Crippen LogP contribution in [-0.4, -0.2) is 44.8 Å². The highest BCUT2D eigenvalue weighted by Gasteiger charge is 2.24. The SMILES string of the molecule is Cc1nc(N2CCC(NC(=O)c3ccc(Cn4cc(Cl)cn4)o3)CC2)[nH]c(=O)c1C. The van der Waals surface area contributed by atoms with Crippen molar-refractivity contribution in [3.8, 4) is 0 Å². The minimum atomic E-state index is -0.240. The Balaban J connectivity index is 1.32. The van der Waals surface area contributed by atoms with Gasteiger partial charge >= 0.3 is 0 Å². The molecule has 0 radical (unpaired) electrons. The van der Waals surface area contributed by atoms with E-state index in [-0.39, 0.29) is 23.3 Å². The number of anilines is 1. The molecule has 0 bridgehead atoms. The maximum atomic E-state index is 12.5. The Kier molecular flexibility index (Phi) is 5.63. The molecule has 9 nitrogen and oxygen atoms in total. The molecule has 0 unspecified atom stereocenters. The number of nitrogens with zero attached hydrogens (tertiary/aromatic N) is 4. The summed E-state index contributed by atoms with van der Waals surface area (Å²) in [6.07, 6.45) is 4.74. The summed E-state index contributed by atoms with van der Waals surface area (Å²) >= 11 is 5.86. The minimum absolute atomic E-state index is 0.0329. The number of aromatic amines is 1. The van der Waals surface area contributed by atoms with Gasteiger partial charge in [-0.15, -0.1) is 0 Å². The van der Waals surface area contributed by atoms with Gasteiger partial charge in [0.15, 0.2) is 5.76 Å². The van der Waals surface area contributed by atoms with Gasteiger partial charge in [0, 0.05) is 36.6 Å². The van der Waals surface area contributed by atoms with Crippen molar-refractivity contribution in [3.63, 3.8) is 0 Å². The number of hydrogen-bond acceptors (Lipinski definition) is 6. The number of furan rings is 1. The lowest BCUT2D eigenvalue weighted by Crippen LogP contribution is -2.45. The Bertz CT molecular complexity index is 1110. The monoisotopic (exact) mass is 430 g/mol. The Morgan fingerprint density at radius 3 is 2.77 bits per heavy atom. The highest BCUT2D eigenvalue weighted by Crippen LogP contribution is 2.17. The second-order valence-corrected chi connectivity index (χ2v) is 7.89. The van der Waals surface area contributed by atoms with E-state index >= 15 is 0 Å². The van der Waals surface area contributed by atoms with E-state index < -0.39 is 0 Å². The summed E-state index contributed by atoms with van der Waals surface area (Å²) in [4.78, 5) is 33.9. The summed E-state index contributed by atoms with van der Waals surface area (Å²) in [5, 5.41) is 7.67. The Morgan fingerprint density at radius 2 is 2.10 bits per heavy atom. The van der Waals surface area contributed by atoms with Crippen LogP contribution < -0.4 is 15.8 Å².